The van der Waals surface area contributed by atoms with Crippen LogP contribution < -0.4 is 0 Å². The Kier molecular flexibility index (Phi) is 3.87. The van der Waals surface area contributed by atoms with Crippen LogP contribution >= 0.6 is 23.2 Å². The van der Waals surface area contributed by atoms with Gasteiger partial charge in [-0.2, -0.15) is 0 Å². The van der Waals surface area contributed by atoms with Gasteiger partial charge in [0, 0.05) is 11.8 Å². The highest BCUT2D eigenvalue weighted by Crippen LogP contribution is 2.29. The van der Waals surface area contributed by atoms with Crippen molar-refractivity contribution in [2.75, 3.05) is 11.8 Å². The van der Waals surface area contributed by atoms with E-state index in [1.165, 1.54) is 25.7 Å². The third-order valence-electron chi connectivity index (χ3n) is 2.40. The largest absolute Gasteiger partial charge is 0.126 e. The highest BCUT2D eigenvalue weighted by atomic mass is 35.5. The molecule has 10 heavy (non-hydrogen) atoms. The number of hydrogen-bond donors (Lipinski definition) is 0. The lowest BCUT2D eigenvalue weighted by Gasteiger charge is -2.25. The van der Waals surface area contributed by atoms with Crippen molar-refractivity contribution >= 4 is 23.2 Å². The number of halogens is 2. The molecule has 1 fully saturated rings. The van der Waals surface area contributed by atoms with Crippen LogP contribution in [0.2, 0.25) is 0 Å². The molecule has 0 amide bonds. The van der Waals surface area contributed by atoms with E-state index in [4.69, 9.17) is 23.2 Å². The highest BCUT2D eigenvalue weighted by molar-refractivity contribution is 6.18. The molecular weight excluding hydrogens is 167 g/mol. The molecule has 0 radical (unpaired) electrons. The maximum atomic E-state index is 5.74. The van der Waals surface area contributed by atoms with E-state index in [2.05, 4.69) is 0 Å². The van der Waals surface area contributed by atoms with Gasteiger partial charge in [0.05, 0.1) is 0 Å². The Bertz CT molecular complexity index is 73.3. The molecule has 0 saturated heterocycles. The molecule has 1 saturated carbocycles. The van der Waals surface area contributed by atoms with Crippen molar-refractivity contribution in [3.63, 3.8) is 0 Å². The van der Waals surface area contributed by atoms with Gasteiger partial charge in [0.1, 0.15) is 0 Å². The Labute approximate surface area is 72.9 Å². The van der Waals surface area contributed by atoms with Gasteiger partial charge in [0.2, 0.25) is 0 Å². The molecule has 1 rings (SSSR count). The average Bonchev–Trinajstić information content (AvgIpc) is 2.05. The van der Waals surface area contributed by atoms with Crippen molar-refractivity contribution in [2.24, 2.45) is 11.8 Å². The second kappa shape index (κ2) is 4.46. The molecule has 0 aromatic rings. The fraction of sp³-hybridized carbons (Fsp3) is 1.00. The normalized spacial score (nSPS) is 34.2. The fourth-order valence-corrected chi connectivity index (χ4v) is 2.16. The van der Waals surface area contributed by atoms with Gasteiger partial charge in [-0.25, -0.2) is 0 Å². The van der Waals surface area contributed by atoms with Gasteiger partial charge in [-0.05, 0) is 37.5 Å². The van der Waals surface area contributed by atoms with Gasteiger partial charge in [-0.1, -0.05) is 0 Å². The van der Waals surface area contributed by atoms with Crippen LogP contribution in [0.1, 0.15) is 25.7 Å². The van der Waals surface area contributed by atoms with Crippen LogP contribution in [0.5, 0.6) is 0 Å². The Hall–Kier alpha value is 0.580. The predicted molar refractivity (Wildman–Crippen MR) is 46.9 cm³/mol. The van der Waals surface area contributed by atoms with Crippen molar-refractivity contribution in [3.8, 4) is 0 Å². The second-order valence-electron chi connectivity index (χ2n) is 3.20. The van der Waals surface area contributed by atoms with Crippen molar-refractivity contribution in [1.82, 2.24) is 0 Å². The molecule has 0 nitrogen and oxygen atoms in total. The first-order chi connectivity index (χ1) is 4.86. The molecule has 0 N–H and O–H groups in total. The van der Waals surface area contributed by atoms with Crippen LogP contribution in [-0.4, -0.2) is 11.8 Å². The summed E-state index contributed by atoms with van der Waals surface area (Å²) in [4.78, 5) is 0. The van der Waals surface area contributed by atoms with Gasteiger partial charge in [0.15, 0.2) is 0 Å². The molecule has 0 spiro atoms. The van der Waals surface area contributed by atoms with E-state index in [1.54, 1.807) is 0 Å². The number of rotatable bonds is 2. The summed E-state index contributed by atoms with van der Waals surface area (Å²) < 4.78 is 0. The lowest BCUT2D eigenvalue weighted by Crippen LogP contribution is -2.16. The molecular formula is C8H14Cl2. The van der Waals surface area contributed by atoms with Gasteiger partial charge in [-0.15, -0.1) is 23.2 Å². The second-order valence-corrected chi connectivity index (χ2v) is 3.81. The minimum absolute atomic E-state index is 0.779. The minimum Gasteiger partial charge on any atom is -0.126 e. The van der Waals surface area contributed by atoms with Crippen LogP contribution in [0.4, 0.5) is 0 Å². The molecule has 0 atom stereocenters. The molecule has 0 heterocycles. The Morgan fingerprint density at radius 1 is 0.800 bits per heavy atom. The van der Waals surface area contributed by atoms with E-state index >= 15 is 0 Å². The lowest BCUT2D eigenvalue weighted by molar-refractivity contribution is 0.313. The first kappa shape index (κ1) is 8.67. The van der Waals surface area contributed by atoms with Crippen molar-refractivity contribution in [3.05, 3.63) is 0 Å². The topological polar surface area (TPSA) is 0 Å². The Morgan fingerprint density at radius 2 is 1.10 bits per heavy atom. The number of hydrogen-bond acceptors (Lipinski definition) is 0. The van der Waals surface area contributed by atoms with Crippen LogP contribution in [0, 0.1) is 11.8 Å². The molecule has 0 unspecified atom stereocenters. The van der Waals surface area contributed by atoms with Crippen LogP contribution in [0.3, 0.4) is 0 Å². The zero-order chi connectivity index (χ0) is 7.40. The molecule has 0 aromatic carbocycles. The Morgan fingerprint density at radius 3 is 1.30 bits per heavy atom. The van der Waals surface area contributed by atoms with Crippen LogP contribution in [0.15, 0.2) is 0 Å². The molecule has 0 bridgehead atoms. The van der Waals surface area contributed by atoms with E-state index in [1.807, 2.05) is 0 Å². The zero-order valence-electron chi connectivity index (χ0n) is 6.15. The summed E-state index contributed by atoms with van der Waals surface area (Å²) in [5, 5.41) is 0. The van der Waals surface area contributed by atoms with Gasteiger partial charge >= 0.3 is 0 Å². The smallest absolute Gasteiger partial charge is 0.0251 e. The van der Waals surface area contributed by atoms with E-state index < -0.39 is 0 Å². The summed E-state index contributed by atoms with van der Waals surface area (Å²) >= 11 is 11.5. The fourth-order valence-electron chi connectivity index (χ4n) is 1.54. The van der Waals surface area contributed by atoms with Gasteiger partial charge in [-0.3, -0.25) is 0 Å². The number of alkyl halides is 2. The minimum atomic E-state index is 0.779. The standard InChI is InChI=1S/C8H14Cl2/c9-5-7-1-2-8(6-10)4-3-7/h7-8H,1-6H2/t7-,8-. The van der Waals surface area contributed by atoms with Gasteiger partial charge < -0.3 is 0 Å². The van der Waals surface area contributed by atoms with Crippen molar-refractivity contribution in [1.29, 1.82) is 0 Å². The monoisotopic (exact) mass is 180 g/mol. The summed E-state index contributed by atoms with van der Waals surface area (Å²) in [6, 6.07) is 0. The lowest BCUT2D eigenvalue weighted by atomic mass is 9.84. The van der Waals surface area contributed by atoms with E-state index in [0.717, 1.165) is 23.6 Å². The summed E-state index contributed by atoms with van der Waals surface area (Å²) in [6.45, 7) is 0. The van der Waals surface area contributed by atoms with E-state index in [-0.39, 0.29) is 0 Å². The first-order valence-electron chi connectivity index (χ1n) is 3.98. The highest BCUT2D eigenvalue weighted by Gasteiger charge is 2.19. The van der Waals surface area contributed by atoms with Gasteiger partial charge in [0.25, 0.3) is 0 Å². The summed E-state index contributed by atoms with van der Waals surface area (Å²) in [5.41, 5.74) is 0. The van der Waals surface area contributed by atoms with Crippen LogP contribution in [0.25, 0.3) is 0 Å². The molecule has 1 aliphatic carbocycles. The Balaban J connectivity index is 2.17. The SMILES string of the molecule is ClC[C@H]1CC[C@H](CCl)CC1. The maximum absolute atomic E-state index is 5.74. The molecule has 0 aromatic heterocycles. The van der Waals surface area contributed by atoms with E-state index in [0.29, 0.717) is 0 Å². The molecule has 0 aliphatic heterocycles. The van der Waals surface area contributed by atoms with Crippen LogP contribution in [-0.2, 0) is 0 Å². The zero-order valence-corrected chi connectivity index (χ0v) is 7.67. The summed E-state index contributed by atoms with van der Waals surface area (Å²) in [6.07, 6.45) is 5.17. The predicted octanol–water partition coefficient (Wildman–Crippen LogP) is 3.27. The molecule has 60 valence electrons. The average molecular weight is 181 g/mol. The first-order valence-corrected chi connectivity index (χ1v) is 5.05. The third kappa shape index (κ3) is 2.32. The van der Waals surface area contributed by atoms with Crippen molar-refractivity contribution in [2.45, 2.75) is 25.7 Å². The quantitative estimate of drug-likeness (QED) is 0.573. The molecule has 2 heteroatoms. The maximum Gasteiger partial charge on any atom is 0.0251 e. The third-order valence-corrected chi connectivity index (χ3v) is 3.28. The van der Waals surface area contributed by atoms with Crippen molar-refractivity contribution < 1.29 is 0 Å². The molecule has 1 aliphatic rings. The van der Waals surface area contributed by atoms with E-state index in [9.17, 15) is 0 Å². The summed E-state index contributed by atoms with van der Waals surface area (Å²) in [5.74, 6) is 3.24. The summed E-state index contributed by atoms with van der Waals surface area (Å²) in [7, 11) is 0.